The van der Waals surface area contributed by atoms with E-state index in [0.29, 0.717) is 0 Å². The smallest absolute Gasteiger partial charge is 0.0300 e. The van der Waals surface area contributed by atoms with Crippen molar-refractivity contribution in [2.45, 2.75) is 44.2 Å². The second kappa shape index (κ2) is 6.86. The summed E-state index contributed by atoms with van der Waals surface area (Å²) < 4.78 is 0. The van der Waals surface area contributed by atoms with Crippen LogP contribution < -0.4 is 5.32 Å². The fourth-order valence-corrected chi connectivity index (χ4v) is 2.84. The van der Waals surface area contributed by atoms with Gasteiger partial charge in [-0.3, -0.25) is 4.98 Å². The van der Waals surface area contributed by atoms with Gasteiger partial charge in [-0.15, -0.1) is 0 Å². The largest absolute Gasteiger partial charge is 0.317 e. The van der Waals surface area contributed by atoms with Crippen LogP contribution in [-0.2, 0) is 6.42 Å². The number of nitrogens with one attached hydrogen (secondary N) is 1. The first-order chi connectivity index (χ1) is 8.79. The molecule has 1 saturated carbocycles. The molecule has 1 heterocycles. The summed E-state index contributed by atoms with van der Waals surface area (Å²) >= 11 is 0. The molecule has 0 unspecified atom stereocenters. The Kier molecular flexibility index (Phi) is 5.14. The first-order valence-corrected chi connectivity index (χ1v) is 7.06. The molecule has 1 aromatic heterocycles. The fraction of sp³-hybridized carbons (Fsp3) is 0.667. The quantitative estimate of drug-likeness (QED) is 0.863. The molecule has 2 rings (SSSR count). The van der Waals surface area contributed by atoms with Gasteiger partial charge in [0.1, 0.15) is 0 Å². The molecule has 0 aliphatic heterocycles. The third-order valence-corrected chi connectivity index (χ3v) is 4.20. The summed E-state index contributed by atoms with van der Waals surface area (Å²) in [5, 5.41) is 3.39. The van der Waals surface area contributed by atoms with Crippen LogP contribution in [0.15, 0.2) is 24.5 Å². The van der Waals surface area contributed by atoms with E-state index in [2.05, 4.69) is 35.4 Å². The molecule has 1 aliphatic rings. The molecule has 0 atom stereocenters. The van der Waals surface area contributed by atoms with Crippen molar-refractivity contribution in [3.8, 4) is 0 Å². The topological polar surface area (TPSA) is 28.2 Å². The van der Waals surface area contributed by atoms with Crippen molar-refractivity contribution >= 4 is 0 Å². The van der Waals surface area contributed by atoms with Gasteiger partial charge < -0.3 is 10.2 Å². The van der Waals surface area contributed by atoms with Crippen LogP contribution in [-0.4, -0.2) is 42.6 Å². The molecule has 100 valence electrons. The first-order valence-electron chi connectivity index (χ1n) is 7.06. The number of rotatable bonds is 5. The highest BCUT2D eigenvalue weighted by Crippen LogP contribution is 2.22. The Bertz CT molecular complexity index is 331. The number of pyridine rings is 1. The lowest BCUT2D eigenvalue weighted by atomic mass is 9.90. The molecule has 0 spiro atoms. The highest BCUT2D eigenvalue weighted by Gasteiger charge is 2.22. The van der Waals surface area contributed by atoms with E-state index in [4.69, 9.17) is 0 Å². The Morgan fingerprint density at radius 1 is 1.33 bits per heavy atom. The fourth-order valence-electron chi connectivity index (χ4n) is 2.84. The molecular weight excluding hydrogens is 222 g/mol. The maximum Gasteiger partial charge on any atom is 0.0300 e. The highest BCUT2D eigenvalue weighted by atomic mass is 15.1. The Morgan fingerprint density at radius 3 is 2.72 bits per heavy atom. The second-order valence-corrected chi connectivity index (χ2v) is 5.39. The molecule has 0 radical (unpaired) electrons. The van der Waals surface area contributed by atoms with Gasteiger partial charge in [0.05, 0.1) is 0 Å². The second-order valence-electron chi connectivity index (χ2n) is 5.39. The lowest BCUT2D eigenvalue weighted by Gasteiger charge is -2.34. The Labute approximate surface area is 111 Å². The predicted octanol–water partition coefficient (Wildman–Crippen LogP) is 2.09. The van der Waals surface area contributed by atoms with Crippen LogP contribution in [0.1, 0.15) is 31.2 Å². The number of likely N-dealkylation sites (N-methyl/N-ethyl adjacent to an activating group) is 1. The number of nitrogens with zero attached hydrogens (tertiary/aromatic N) is 2. The monoisotopic (exact) mass is 247 g/mol. The third kappa shape index (κ3) is 3.79. The van der Waals surface area contributed by atoms with E-state index in [9.17, 15) is 0 Å². The van der Waals surface area contributed by atoms with Crippen molar-refractivity contribution in [3.63, 3.8) is 0 Å². The Balaban J connectivity index is 1.73. The molecule has 0 saturated heterocycles. The van der Waals surface area contributed by atoms with Crippen molar-refractivity contribution in [1.82, 2.24) is 15.2 Å². The number of hydrogen-bond donors (Lipinski definition) is 1. The maximum atomic E-state index is 4.17. The standard InChI is InChI=1S/C15H25N3/c1-16-14-5-7-15(8-6-14)18(2)11-9-13-4-3-10-17-12-13/h3-4,10,12,14-16H,5-9,11H2,1-2H3. The minimum atomic E-state index is 0.743. The van der Waals surface area contributed by atoms with Gasteiger partial charge in [-0.05, 0) is 57.8 Å². The first kappa shape index (κ1) is 13.5. The van der Waals surface area contributed by atoms with Gasteiger partial charge >= 0.3 is 0 Å². The minimum Gasteiger partial charge on any atom is -0.317 e. The van der Waals surface area contributed by atoms with Crippen molar-refractivity contribution in [1.29, 1.82) is 0 Å². The van der Waals surface area contributed by atoms with Gasteiger partial charge in [0.2, 0.25) is 0 Å². The number of hydrogen-bond acceptors (Lipinski definition) is 3. The molecule has 1 fully saturated rings. The van der Waals surface area contributed by atoms with Crippen molar-refractivity contribution in [2.75, 3.05) is 20.6 Å². The molecule has 0 aromatic carbocycles. The molecular formula is C15H25N3. The van der Waals surface area contributed by atoms with Gasteiger partial charge in [-0.1, -0.05) is 6.07 Å². The molecule has 0 bridgehead atoms. The summed E-state index contributed by atoms with van der Waals surface area (Å²) in [6, 6.07) is 5.70. The van der Waals surface area contributed by atoms with E-state index in [1.807, 2.05) is 18.5 Å². The molecule has 0 amide bonds. The molecule has 1 aliphatic carbocycles. The van der Waals surface area contributed by atoms with E-state index >= 15 is 0 Å². The highest BCUT2D eigenvalue weighted by molar-refractivity contribution is 5.08. The lowest BCUT2D eigenvalue weighted by molar-refractivity contribution is 0.178. The van der Waals surface area contributed by atoms with Gasteiger partial charge in [-0.25, -0.2) is 0 Å². The summed E-state index contributed by atoms with van der Waals surface area (Å²) in [7, 11) is 4.35. The van der Waals surface area contributed by atoms with Gasteiger partial charge in [0.25, 0.3) is 0 Å². The number of aromatic nitrogens is 1. The van der Waals surface area contributed by atoms with Crippen molar-refractivity contribution < 1.29 is 0 Å². The lowest BCUT2D eigenvalue weighted by Crippen LogP contribution is -2.40. The van der Waals surface area contributed by atoms with E-state index in [0.717, 1.165) is 25.0 Å². The summed E-state index contributed by atoms with van der Waals surface area (Å²) in [5.41, 5.74) is 1.34. The van der Waals surface area contributed by atoms with E-state index < -0.39 is 0 Å². The van der Waals surface area contributed by atoms with E-state index in [1.165, 1.54) is 31.2 Å². The van der Waals surface area contributed by atoms with E-state index in [1.54, 1.807) is 0 Å². The Hall–Kier alpha value is -0.930. The summed E-state index contributed by atoms with van der Waals surface area (Å²) in [5.74, 6) is 0. The Morgan fingerprint density at radius 2 is 2.11 bits per heavy atom. The maximum absolute atomic E-state index is 4.17. The average molecular weight is 247 g/mol. The van der Waals surface area contributed by atoms with Crippen LogP contribution in [0.25, 0.3) is 0 Å². The summed E-state index contributed by atoms with van der Waals surface area (Å²) in [4.78, 5) is 6.70. The summed E-state index contributed by atoms with van der Waals surface area (Å²) in [6.45, 7) is 1.14. The van der Waals surface area contributed by atoms with Gasteiger partial charge in [0, 0.05) is 31.0 Å². The molecule has 1 N–H and O–H groups in total. The molecule has 3 heteroatoms. The zero-order valence-corrected chi connectivity index (χ0v) is 11.6. The zero-order chi connectivity index (χ0) is 12.8. The molecule has 18 heavy (non-hydrogen) atoms. The SMILES string of the molecule is CNC1CCC(N(C)CCc2cccnc2)CC1. The van der Waals surface area contributed by atoms with Crippen LogP contribution >= 0.6 is 0 Å². The van der Waals surface area contributed by atoms with Crippen LogP contribution in [0, 0.1) is 0 Å². The van der Waals surface area contributed by atoms with E-state index in [-0.39, 0.29) is 0 Å². The third-order valence-electron chi connectivity index (χ3n) is 4.20. The van der Waals surface area contributed by atoms with Crippen LogP contribution in [0.2, 0.25) is 0 Å². The minimum absolute atomic E-state index is 0.743. The van der Waals surface area contributed by atoms with Gasteiger partial charge in [-0.2, -0.15) is 0 Å². The average Bonchev–Trinajstić information content (AvgIpc) is 2.46. The molecule has 1 aromatic rings. The van der Waals surface area contributed by atoms with Crippen LogP contribution in [0.3, 0.4) is 0 Å². The van der Waals surface area contributed by atoms with Crippen LogP contribution in [0.4, 0.5) is 0 Å². The van der Waals surface area contributed by atoms with Crippen molar-refractivity contribution in [3.05, 3.63) is 30.1 Å². The van der Waals surface area contributed by atoms with Crippen LogP contribution in [0.5, 0.6) is 0 Å². The van der Waals surface area contributed by atoms with Crippen molar-refractivity contribution in [2.24, 2.45) is 0 Å². The molecule has 3 nitrogen and oxygen atoms in total. The normalized spacial score (nSPS) is 24.4. The predicted molar refractivity (Wildman–Crippen MR) is 75.7 cm³/mol. The summed E-state index contributed by atoms with van der Waals surface area (Å²) in [6.07, 6.45) is 10.2. The van der Waals surface area contributed by atoms with Gasteiger partial charge in [0.15, 0.2) is 0 Å². The zero-order valence-electron chi connectivity index (χ0n) is 11.6.